The second-order valence-corrected chi connectivity index (χ2v) is 6.72. The minimum atomic E-state index is -0.510. The van der Waals surface area contributed by atoms with E-state index in [1.54, 1.807) is 17.2 Å². The highest BCUT2D eigenvalue weighted by Crippen LogP contribution is 2.22. The normalized spacial score (nSPS) is 16.6. The van der Waals surface area contributed by atoms with Crippen LogP contribution in [0.15, 0.2) is 16.7 Å². The summed E-state index contributed by atoms with van der Waals surface area (Å²) in [6.07, 6.45) is 1.56. The van der Waals surface area contributed by atoms with Crippen molar-refractivity contribution in [2.24, 2.45) is 0 Å². The van der Waals surface area contributed by atoms with E-state index >= 15 is 0 Å². The first-order valence-corrected chi connectivity index (χ1v) is 7.79. The zero-order valence-corrected chi connectivity index (χ0v) is 14.3. The molecule has 0 unspecified atom stereocenters. The molecule has 1 amide bonds. The van der Waals surface area contributed by atoms with Gasteiger partial charge in [-0.05, 0) is 35.8 Å². The van der Waals surface area contributed by atoms with Gasteiger partial charge in [0.1, 0.15) is 10.7 Å². The third kappa shape index (κ3) is 3.54. The Morgan fingerprint density at radius 3 is 2.62 bits per heavy atom. The third-order valence-corrected chi connectivity index (χ3v) is 4.40. The molecule has 112 valence electrons. The van der Waals surface area contributed by atoms with Crippen molar-refractivity contribution in [3.05, 3.63) is 27.5 Å². The average Bonchev–Trinajstić information content (AvgIpc) is 2.49. The molecule has 0 radical (unpaired) electrons. The second-order valence-electron chi connectivity index (χ2n) is 5.44. The fraction of sp³-hybridized carbons (Fsp3) is 0.500. The molecule has 1 aliphatic heterocycles. The van der Waals surface area contributed by atoms with Gasteiger partial charge in [-0.1, -0.05) is 11.6 Å². The van der Waals surface area contributed by atoms with Gasteiger partial charge in [0.15, 0.2) is 0 Å². The van der Waals surface area contributed by atoms with Gasteiger partial charge in [-0.15, -0.1) is 0 Å². The van der Waals surface area contributed by atoms with E-state index in [-0.39, 0.29) is 11.1 Å². The number of piperazine rings is 1. The average molecular weight is 372 g/mol. The van der Waals surface area contributed by atoms with E-state index in [1.807, 2.05) is 13.8 Å². The van der Waals surface area contributed by atoms with E-state index in [0.717, 1.165) is 4.47 Å². The van der Waals surface area contributed by atoms with Crippen LogP contribution in [-0.2, 0) is 0 Å². The highest BCUT2D eigenvalue weighted by atomic mass is 79.9. The molecule has 2 rings (SSSR count). The van der Waals surface area contributed by atoms with Crippen molar-refractivity contribution >= 4 is 33.4 Å². The minimum Gasteiger partial charge on any atom is -0.336 e. The zero-order valence-electron chi connectivity index (χ0n) is 11.9. The predicted molar refractivity (Wildman–Crippen MR) is 84.1 cm³/mol. The molecule has 1 aromatic rings. The number of nitriles is 1. The lowest BCUT2D eigenvalue weighted by atomic mass is 10.0. The van der Waals surface area contributed by atoms with Gasteiger partial charge in [0, 0.05) is 36.8 Å². The van der Waals surface area contributed by atoms with Gasteiger partial charge < -0.3 is 4.90 Å². The van der Waals surface area contributed by atoms with Crippen molar-refractivity contribution < 1.29 is 4.79 Å². The topological polar surface area (TPSA) is 60.2 Å². The first kappa shape index (κ1) is 16.2. The summed E-state index contributed by atoms with van der Waals surface area (Å²) >= 11 is 9.30. The molecule has 1 aliphatic rings. The van der Waals surface area contributed by atoms with Crippen LogP contribution >= 0.6 is 27.5 Å². The smallest absolute Gasteiger partial charge is 0.257 e. The number of carbonyl (C=O) groups is 1. The maximum atomic E-state index is 12.5. The van der Waals surface area contributed by atoms with Crippen molar-refractivity contribution in [3.8, 4) is 6.07 Å². The number of pyridine rings is 1. The number of hydrogen-bond donors (Lipinski definition) is 0. The van der Waals surface area contributed by atoms with Gasteiger partial charge in [-0.25, -0.2) is 4.98 Å². The zero-order chi connectivity index (χ0) is 15.6. The third-order valence-electron chi connectivity index (χ3n) is 3.67. The Morgan fingerprint density at radius 2 is 2.05 bits per heavy atom. The summed E-state index contributed by atoms with van der Waals surface area (Å²) in [4.78, 5) is 20.3. The van der Waals surface area contributed by atoms with Gasteiger partial charge in [-0.3, -0.25) is 9.69 Å². The van der Waals surface area contributed by atoms with Crippen LogP contribution in [0.5, 0.6) is 0 Å². The Morgan fingerprint density at radius 1 is 1.43 bits per heavy atom. The molecule has 2 heterocycles. The van der Waals surface area contributed by atoms with Gasteiger partial charge in [0.25, 0.3) is 5.91 Å². The summed E-state index contributed by atoms with van der Waals surface area (Å²) in [5, 5.41) is 9.37. The van der Waals surface area contributed by atoms with Crippen LogP contribution in [0, 0.1) is 11.3 Å². The lowest BCUT2D eigenvalue weighted by molar-refractivity contribution is 0.0520. The highest BCUT2D eigenvalue weighted by Gasteiger charge is 2.31. The number of halogens is 2. The minimum absolute atomic E-state index is 0.122. The van der Waals surface area contributed by atoms with E-state index in [0.29, 0.717) is 31.7 Å². The fourth-order valence-electron chi connectivity index (χ4n) is 2.28. The van der Waals surface area contributed by atoms with Crippen molar-refractivity contribution in [3.63, 3.8) is 0 Å². The SMILES string of the molecule is CC(C)(C#N)N1CCN(C(=O)c2cc(Br)cnc2Cl)CC1. The maximum absolute atomic E-state index is 12.5. The van der Waals surface area contributed by atoms with E-state index in [2.05, 4.69) is 31.9 Å². The lowest BCUT2D eigenvalue weighted by Gasteiger charge is -2.40. The van der Waals surface area contributed by atoms with E-state index < -0.39 is 5.54 Å². The number of carbonyl (C=O) groups excluding carboxylic acids is 1. The van der Waals surface area contributed by atoms with Crippen LogP contribution in [0.25, 0.3) is 0 Å². The highest BCUT2D eigenvalue weighted by molar-refractivity contribution is 9.10. The molecule has 1 aromatic heterocycles. The molecular formula is C14H16BrClN4O. The van der Waals surface area contributed by atoms with Crippen LogP contribution in [0.1, 0.15) is 24.2 Å². The molecule has 0 aromatic carbocycles. The summed E-state index contributed by atoms with van der Waals surface area (Å²) in [7, 11) is 0. The standard InChI is InChI=1S/C14H16BrClN4O/c1-14(2,9-17)20-5-3-19(4-6-20)13(21)11-7-10(15)8-18-12(11)16/h7-8H,3-6H2,1-2H3. The number of nitrogens with zero attached hydrogens (tertiary/aromatic N) is 4. The molecule has 21 heavy (non-hydrogen) atoms. The Bertz CT molecular complexity index is 591. The largest absolute Gasteiger partial charge is 0.336 e. The van der Waals surface area contributed by atoms with Crippen LogP contribution in [0.3, 0.4) is 0 Å². The van der Waals surface area contributed by atoms with E-state index in [4.69, 9.17) is 16.9 Å². The van der Waals surface area contributed by atoms with Crippen LogP contribution in [0.4, 0.5) is 0 Å². The first-order chi connectivity index (χ1) is 9.85. The van der Waals surface area contributed by atoms with Gasteiger partial charge >= 0.3 is 0 Å². The molecule has 0 aliphatic carbocycles. The quantitative estimate of drug-likeness (QED) is 0.750. The maximum Gasteiger partial charge on any atom is 0.257 e. The molecule has 0 spiro atoms. The summed E-state index contributed by atoms with van der Waals surface area (Å²) in [5.74, 6) is -0.122. The van der Waals surface area contributed by atoms with E-state index in [9.17, 15) is 4.79 Å². The van der Waals surface area contributed by atoms with Crippen LogP contribution in [-0.4, -0.2) is 52.4 Å². The second kappa shape index (κ2) is 6.30. The van der Waals surface area contributed by atoms with Gasteiger partial charge in [0.2, 0.25) is 0 Å². The Labute approximate surface area is 137 Å². The molecule has 1 saturated heterocycles. The van der Waals surface area contributed by atoms with Crippen LogP contribution < -0.4 is 0 Å². The van der Waals surface area contributed by atoms with Gasteiger partial charge in [-0.2, -0.15) is 5.26 Å². The van der Waals surface area contributed by atoms with Crippen molar-refractivity contribution in [1.29, 1.82) is 5.26 Å². The van der Waals surface area contributed by atoms with Crippen molar-refractivity contribution in [1.82, 2.24) is 14.8 Å². The number of amides is 1. The molecule has 5 nitrogen and oxygen atoms in total. The lowest BCUT2D eigenvalue weighted by Crippen LogP contribution is -2.55. The molecule has 0 bridgehead atoms. The number of aromatic nitrogens is 1. The molecule has 7 heteroatoms. The van der Waals surface area contributed by atoms with Gasteiger partial charge in [0.05, 0.1) is 11.6 Å². The van der Waals surface area contributed by atoms with Crippen LogP contribution in [0.2, 0.25) is 5.15 Å². The summed E-state index contributed by atoms with van der Waals surface area (Å²) in [5.41, 5.74) is -0.108. The molecule has 0 saturated carbocycles. The molecule has 1 fully saturated rings. The van der Waals surface area contributed by atoms with E-state index in [1.165, 1.54) is 0 Å². The summed E-state index contributed by atoms with van der Waals surface area (Å²) in [6, 6.07) is 3.97. The Hall–Kier alpha value is -1.16. The monoisotopic (exact) mass is 370 g/mol. The predicted octanol–water partition coefficient (Wildman–Crippen LogP) is 2.56. The molecule has 0 N–H and O–H groups in total. The van der Waals surface area contributed by atoms with Crippen molar-refractivity contribution in [2.75, 3.05) is 26.2 Å². The Balaban J connectivity index is 2.07. The summed E-state index contributed by atoms with van der Waals surface area (Å²) < 4.78 is 0.722. The fourth-order valence-corrected chi connectivity index (χ4v) is 2.80. The van der Waals surface area contributed by atoms with Crippen molar-refractivity contribution in [2.45, 2.75) is 19.4 Å². The number of rotatable bonds is 2. The molecular weight excluding hydrogens is 356 g/mol. The first-order valence-electron chi connectivity index (χ1n) is 6.62. The number of hydrogen-bond acceptors (Lipinski definition) is 4. The summed E-state index contributed by atoms with van der Waals surface area (Å²) in [6.45, 7) is 6.27. The Kier molecular flexibility index (Phi) is 4.87. The molecule has 0 atom stereocenters.